The number of rotatable bonds is 3. The van der Waals surface area contributed by atoms with E-state index in [1.165, 1.54) is 39.0 Å². The van der Waals surface area contributed by atoms with E-state index < -0.39 is 0 Å². The lowest BCUT2D eigenvalue weighted by Crippen LogP contribution is -1.88. The SMILES string of the molecule is c1ccc(-c2c(-c3ccccc3)c3ccccn3c2-c2ccccc2)cc1. The third kappa shape index (κ3) is 2.65. The van der Waals surface area contributed by atoms with Gasteiger partial charge in [-0.2, -0.15) is 0 Å². The van der Waals surface area contributed by atoms with E-state index in [0.717, 1.165) is 0 Å². The van der Waals surface area contributed by atoms with Crippen molar-refractivity contribution in [3.05, 3.63) is 115 Å². The summed E-state index contributed by atoms with van der Waals surface area (Å²) < 4.78 is 2.32. The van der Waals surface area contributed by atoms with Crippen molar-refractivity contribution in [2.45, 2.75) is 0 Å². The second kappa shape index (κ2) is 6.62. The van der Waals surface area contributed by atoms with E-state index in [9.17, 15) is 0 Å². The van der Waals surface area contributed by atoms with Gasteiger partial charge in [-0.25, -0.2) is 0 Å². The van der Waals surface area contributed by atoms with E-state index in [0.29, 0.717) is 0 Å². The second-order valence-electron chi connectivity index (χ2n) is 6.65. The highest BCUT2D eigenvalue weighted by Gasteiger charge is 2.21. The Morgan fingerprint density at radius 1 is 0.407 bits per heavy atom. The number of hydrogen-bond acceptors (Lipinski definition) is 0. The molecule has 0 bridgehead atoms. The lowest BCUT2D eigenvalue weighted by atomic mass is 9.93. The maximum atomic E-state index is 2.32. The molecule has 0 N–H and O–H groups in total. The van der Waals surface area contributed by atoms with E-state index in [4.69, 9.17) is 0 Å². The molecule has 1 heteroatoms. The molecule has 0 unspecified atom stereocenters. The third-order valence-electron chi connectivity index (χ3n) is 5.02. The maximum Gasteiger partial charge on any atom is 0.0613 e. The van der Waals surface area contributed by atoms with Crippen LogP contribution in [0.25, 0.3) is 39.0 Å². The number of hydrogen-bond donors (Lipinski definition) is 0. The Hall–Kier alpha value is -3.58. The number of fused-ring (bicyclic) bond motifs is 1. The Morgan fingerprint density at radius 3 is 1.48 bits per heavy atom. The minimum Gasteiger partial charge on any atom is -0.315 e. The van der Waals surface area contributed by atoms with Crippen LogP contribution in [0.4, 0.5) is 0 Å². The van der Waals surface area contributed by atoms with Crippen LogP contribution in [0, 0.1) is 0 Å². The molecule has 128 valence electrons. The summed E-state index contributed by atoms with van der Waals surface area (Å²) in [5.41, 5.74) is 8.71. The van der Waals surface area contributed by atoms with Gasteiger partial charge in [-0.15, -0.1) is 0 Å². The van der Waals surface area contributed by atoms with Crippen molar-refractivity contribution in [2.24, 2.45) is 0 Å². The van der Waals surface area contributed by atoms with Crippen LogP contribution in [0.2, 0.25) is 0 Å². The molecular formula is C26H19N. The standard InChI is InChI=1S/C26H19N/c1-4-12-20(13-5-1)24-23-18-10-11-19-27(23)26(22-16-8-3-9-17-22)25(24)21-14-6-2-7-15-21/h1-19H. The molecular weight excluding hydrogens is 326 g/mol. The molecule has 27 heavy (non-hydrogen) atoms. The van der Waals surface area contributed by atoms with Crippen LogP contribution >= 0.6 is 0 Å². The first kappa shape index (κ1) is 15.7. The van der Waals surface area contributed by atoms with Crippen molar-refractivity contribution in [3.63, 3.8) is 0 Å². The van der Waals surface area contributed by atoms with Crippen molar-refractivity contribution in [2.75, 3.05) is 0 Å². The fourth-order valence-electron chi connectivity index (χ4n) is 3.87. The predicted molar refractivity (Wildman–Crippen MR) is 114 cm³/mol. The molecule has 0 saturated heterocycles. The summed E-state index contributed by atoms with van der Waals surface area (Å²) in [5.74, 6) is 0. The summed E-state index contributed by atoms with van der Waals surface area (Å²) in [4.78, 5) is 0. The smallest absolute Gasteiger partial charge is 0.0613 e. The molecule has 0 aliphatic heterocycles. The highest BCUT2D eigenvalue weighted by atomic mass is 14.9. The first-order valence-corrected chi connectivity index (χ1v) is 9.23. The quantitative estimate of drug-likeness (QED) is 0.333. The molecule has 0 fully saturated rings. The molecule has 5 aromatic rings. The van der Waals surface area contributed by atoms with Crippen molar-refractivity contribution < 1.29 is 0 Å². The van der Waals surface area contributed by atoms with Crippen molar-refractivity contribution >= 4 is 5.52 Å². The van der Waals surface area contributed by atoms with E-state index >= 15 is 0 Å². The summed E-state index contributed by atoms with van der Waals surface area (Å²) in [6.45, 7) is 0. The normalized spacial score (nSPS) is 11.0. The van der Waals surface area contributed by atoms with E-state index in [1.807, 2.05) is 0 Å². The minimum absolute atomic E-state index is 1.22. The van der Waals surface area contributed by atoms with Crippen LogP contribution in [0.3, 0.4) is 0 Å². The zero-order valence-corrected chi connectivity index (χ0v) is 14.9. The van der Waals surface area contributed by atoms with Crippen LogP contribution in [-0.4, -0.2) is 4.40 Å². The highest BCUT2D eigenvalue weighted by molar-refractivity contribution is 6.02. The molecule has 2 aromatic heterocycles. The van der Waals surface area contributed by atoms with Gasteiger partial charge >= 0.3 is 0 Å². The Bertz CT molecular complexity index is 1110. The van der Waals surface area contributed by atoms with Crippen LogP contribution in [0.15, 0.2) is 115 Å². The minimum atomic E-state index is 1.22. The monoisotopic (exact) mass is 345 g/mol. The lowest BCUT2D eigenvalue weighted by Gasteiger charge is -2.09. The topological polar surface area (TPSA) is 4.41 Å². The van der Waals surface area contributed by atoms with Gasteiger partial charge in [-0.3, -0.25) is 0 Å². The van der Waals surface area contributed by atoms with Gasteiger partial charge in [0.1, 0.15) is 0 Å². The van der Waals surface area contributed by atoms with Crippen molar-refractivity contribution in [3.8, 4) is 33.5 Å². The van der Waals surface area contributed by atoms with Gasteiger partial charge in [-0.05, 0) is 28.8 Å². The maximum absolute atomic E-state index is 2.32. The van der Waals surface area contributed by atoms with Crippen LogP contribution in [0.5, 0.6) is 0 Å². The molecule has 1 nitrogen and oxygen atoms in total. The third-order valence-corrected chi connectivity index (χ3v) is 5.02. The molecule has 2 heterocycles. The zero-order chi connectivity index (χ0) is 18.1. The molecule has 3 aromatic carbocycles. The van der Waals surface area contributed by atoms with Crippen LogP contribution in [0.1, 0.15) is 0 Å². The number of pyridine rings is 1. The summed E-state index contributed by atoms with van der Waals surface area (Å²) >= 11 is 0. The molecule has 0 aliphatic rings. The average molecular weight is 345 g/mol. The lowest BCUT2D eigenvalue weighted by molar-refractivity contribution is 1.20. The molecule has 0 aliphatic carbocycles. The van der Waals surface area contributed by atoms with Gasteiger partial charge in [0.25, 0.3) is 0 Å². The van der Waals surface area contributed by atoms with Crippen molar-refractivity contribution in [1.29, 1.82) is 0 Å². The predicted octanol–water partition coefficient (Wildman–Crippen LogP) is 6.94. The Morgan fingerprint density at radius 2 is 0.889 bits per heavy atom. The molecule has 0 spiro atoms. The van der Waals surface area contributed by atoms with Crippen LogP contribution < -0.4 is 0 Å². The van der Waals surface area contributed by atoms with E-state index in [1.54, 1.807) is 0 Å². The van der Waals surface area contributed by atoms with Gasteiger partial charge in [-0.1, -0.05) is 97.1 Å². The number of aromatic nitrogens is 1. The molecule has 5 rings (SSSR count). The van der Waals surface area contributed by atoms with Gasteiger partial charge in [0.05, 0.1) is 11.2 Å². The van der Waals surface area contributed by atoms with Gasteiger partial charge in [0, 0.05) is 17.3 Å². The van der Waals surface area contributed by atoms with Crippen molar-refractivity contribution in [1.82, 2.24) is 4.40 Å². The fourth-order valence-corrected chi connectivity index (χ4v) is 3.87. The molecule has 0 saturated carbocycles. The Labute approximate surface area is 159 Å². The van der Waals surface area contributed by atoms with Gasteiger partial charge in [0.2, 0.25) is 0 Å². The summed E-state index contributed by atoms with van der Waals surface area (Å²) in [5, 5.41) is 0. The van der Waals surface area contributed by atoms with Gasteiger partial charge in [0.15, 0.2) is 0 Å². The highest BCUT2D eigenvalue weighted by Crippen LogP contribution is 2.44. The summed E-state index contributed by atoms with van der Waals surface area (Å²) in [7, 11) is 0. The largest absolute Gasteiger partial charge is 0.315 e. The second-order valence-corrected chi connectivity index (χ2v) is 6.65. The molecule has 0 atom stereocenters. The number of nitrogens with zero attached hydrogens (tertiary/aromatic N) is 1. The molecule has 0 amide bonds. The number of benzene rings is 3. The first-order valence-electron chi connectivity index (χ1n) is 9.23. The zero-order valence-electron chi connectivity index (χ0n) is 14.9. The first-order chi connectivity index (χ1) is 13.4. The summed E-state index contributed by atoms with van der Waals surface area (Å²) in [6.07, 6.45) is 2.16. The van der Waals surface area contributed by atoms with Crippen LogP contribution in [-0.2, 0) is 0 Å². The van der Waals surface area contributed by atoms with E-state index in [-0.39, 0.29) is 0 Å². The fraction of sp³-hybridized carbons (Fsp3) is 0. The average Bonchev–Trinajstić information content (AvgIpc) is 3.11. The Kier molecular flexibility index (Phi) is 3.84. The van der Waals surface area contributed by atoms with Gasteiger partial charge < -0.3 is 4.40 Å². The Balaban J connectivity index is 1.97. The van der Waals surface area contributed by atoms with E-state index in [2.05, 4.69) is 120 Å². The molecule has 0 radical (unpaired) electrons. The summed E-state index contributed by atoms with van der Waals surface area (Å²) in [6, 6.07) is 38.5.